The van der Waals surface area contributed by atoms with Crippen LogP contribution in [0.15, 0.2) is 18.2 Å². The number of carbonyl (C=O) groups is 1. The van der Waals surface area contributed by atoms with Crippen LogP contribution in [0.5, 0.6) is 5.75 Å². The molecule has 0 aromatic heterocycles. The summed E-state index contributed by atoms with van der Waals surface area (Å²) in [6, 6.07) is 4.16. The average molecular weight is 298 g/mol. The lowest BCUT2D eigenvalue weighted by molar-refractivity contribution is -0.127. The summed E-state index contributed by atoms with van der Waals surface area (Å²) in [5.41, 5.74) is 5.83. The zero-order valence-corrected chi connectivity index (χ0v) is 12.6. The molecule has 20 heavy (non-hydrogen) atoms. The maximum absolute atomic E-state index is 13.8. The fourth-order valence-corrected chi connectivity index (χ4v) is 1.57. The van der Waals surface area contributed by atoms with Crippen LogP contribution in [0.2, 0.25) is 0 Å². The number of ether oxygens (including phenoxy) is 1. The molecule has 1 rings (SSSR count). The smallest absolute Gasteiger partial charge is 0.260 e. The summed E-state index contributed by atoms with van der Waals surface area (Å²) in [4.78, 5) is 11.8. The van der Waals surface area contributed by atoms with Gasteiger partial charge in [0.15, 0.2) is 17.7 Å². The summed E-state index contributed by atoms with van der Waals surface area (Å²) in [6.07, 6.45) is -0.779. The average Bonchev–Trinajstić information content (AvgIpc) is 2.37. The highest BCUT2D eigenvalue weighted by Gasteiger charge is 2.17. The van der Waals surface area contributed by atoms with Gasteiger partial charge in [-0.25, -0.2) is 4.39 Å². The molecule has 0 aliphatic carbocycles. The van der Waals surface area contributed by atoms with Gasteiger partial charge in [0.1, 0.15) is 4.99 Å². The molecule has 1 aromatic carbocycles. The summed E-state index contributed by atoms with van der Waals surface area (Å²) < 4.78 is 19.1. The Balaban J connectivity index is 2.68. The minimum absolute atomic E-state index is 0.00260. The van der Waals surface area contributed by atoms with Crippen molar-refractivity contribution in [2.24, 2.45) is 11.7 Å². The van der Waals surface area contributed by atoms with E-state index in [1.165, 1.54) is 12.1 Å². The summed E-state index contributed by atoms with van der Waals surface area (Å²) in [5, 5.41) is 2.72. The van der Waals surface area contributed by atoms with E-state index >= 15 is 0 Å². The zero-order valence-electron chi connectivity index (χ0n) is 11.8. The number of carbonyl (C=O) groups excluding carboxylic acids is 1. The molecule has 1 unspecified atom stereocenters. The van der Waals surface area contributed by atoms with E-state index in [-0.39, 0.29) is 16.6 Å². The number of amides is 1. The Hall–Kier alpha value is -1.69. The topological polar surface area (TPSA) is 64.3 Å². The first-order valence-electron chi connectivity index (χ1n) is 6.35. The number of nitrogens with one attached hydrogen (secondary N) is 1. The van der Waals surface area contributed by atoms with E-state index in [1.54, 1.807) is 13.0 Å². The van der Waals surface area contributed by atoms with Crippen molar-refractivity contribution < 1.29 is 13.9 Å². The highest BCUT2D eigenvalue weighted by molar-refractivity contribution is 7.80. The first-order valence-corrected chi connectivity index (χ1v) is 6.75. The number of benzene rings is 1. The lowest BCUT2D eigenvalue weighted by Gasteiger charge is -2.16. The third-order valence-corrected chi connectivity index (χ3v) is 2.81. The minimum atomic E-state index is -0.779. The number of hydrogen-bond donors (Lipinski definition) is 2. The predicted molar refractivity (Wildman–Crippen MR) is 80.2 cm³/mol. The predicted octanol–water partition coefficient (Wildman–Crippen LogP) is 2.00. The molecular formula is C14H19FN2O2S. The first kappa shape index (κ1) is 16.4. The molecule has 1 amide bonds. The van der Waals surface area contributed by atoms with Gasteiger partial charge in [-0.1, -0.05) is 26.1 Å². The summed E-state index contributed by atoms with van der Waals surface area (Å²) in [5.74, 6) is -0.541. The fraction of sp³-hybridized carbons (Fsp3) is 0.429. The Bertz CT molecular complexity index is 506. The van der Waals surface area contributed by atoms with Crippen LogP contribution in [0.25, 0.3) is 0 Å². The van der Waals surface area contributed by atoms with Crippen LogP contribution in [0.1, 0.15) is 26.3 Å². The van der Waals surface area contributed by atoms with Crippen molar-refractivity contribution in [2.45, 2.75) is 26.9 Å². The lowest BCUT2D eigenvalue weighted by atomic mass is 10.2. The van der Waals surface area contributed by atoms with Crippen LogP contribution >= 0.6 is 12.2 Å². The summed E-state index contributed by atoms with van der Waals surface area (Å²) in [6.45, 7) is 6.09. The SMILES string of the molecule is CC(C)CNC(=O)C(C)Oc1ccc(C(N)=S)cc1F. The van der Waals surface area contributed by atoms with E-state index in [9.17, 15) is 9.18 Å². The molecule has 0 spiro atoms. The van der Waals surface area contributed by atoms with E-state index in [0.29, 0.717) is 18.0 Å². The fourth-order valence-electron chi connectivity index (χ4n) is 1.44. The molecule has 0 saturated carbocycles. The number of thiocarbonyl (C=S) groups is 1. The standard InChI is InChI=1S/C14H19FN2O2S/c1-8(2)7-17-14(18)9(3)19-12-5-4-10(13(16)20)6-11(12)15/h4-6,8-9H,7H2,1-3H3,(H2,16,20)(H,17,18). The molecule has 0 aliphatic heterocycles. The Morgan fingerprint density at radius 1 is 1.45 bits per heavy atom. The van der Waals surface area contributed by atoms with Gasteiger partial charge in [-0.2, -0.15) is 0 Å². The normalized spacial score (nSPS) is 12.1. The highest BCUT2D eigenvalue weighted by atomic mass is 32.1. The molecule has 0 radical (unpaired) electrons. The van der Waals surface area contributed by atoms with Crippen molar-refractivity contribution in [3.8, 4) is 5.75 Å². The molecule has 1 aromatic rings. The van der Waals surface area contributed by atoms with Gasteiger partial charge >= 0.3 is 0 Å². The van der Waals surface area contributed by atoms with Crippen molar-refractivity contribution in [3.63, 3.8) is 0 Å². The van der Waals surface area contributed by atoms with Crippen molar-refractivity contribution >= 4 is 23.1 Å². The lowest BCUT2D eigenvalue weighted by Crippen LogP contribution is -2.38. The molecule has 0 aliphatic rings. The molecule has 110 valence electrons. The highest BCUT2D eigenvalue weighted by Crippen LogP contribution is 2.19. The monoisotopic (exact) mass is 298 g/mol. The van der Waals surface area contributed by atoms with Gasteiger partial charge in [0.2, 0.25) is 0 Å². The van der Waals surface area contributed by atoms with E-state index in [2.05, 4.69) is 5.32 Å². The molecule has 0 fully saturated rings. The van der Waals surface area contributed by atoms with Crippen molar-refractivity contribution in [3.05, 3.63) is 29.6 Å². The second kappa shape index (κ2) is 7.19. The largest absolute Gasteiger partial charge is 0.478 e. The number of hydrogen-bond acceptors (Lipinski definition) is 3. The third-order valence-electron chi connectivity index (χ3n) is 2.57. The Morgan fingerprint density at radius 2 is 2.10 bits per heavy atom. The van der Waals surface area contributed by atoms with Crippen LogP contribution in [-0.4, -0.2) is 23.5 Å². The van der Waals surface area contributed by atoms with Crippen molar-refractivity contribution in [1.82, 2.24) is 5.32 Å². The summed E-state index contributed by atoms with van der Waals surface area (Å²) >= 11 is 4.76. The molecule has 3 N–H and O–H groups in total. The maximum Gasteiger partial charge on any atom is 0.260 e. The van der Waals surface area contributed by atoms with Gasteiger partial charge in [0, 0.05) is 12.1 Å². The molecule has 1 atom stereocenters. The molecular weight excluding hydrogens is 279 g/mol. The van der Waals surface area contributed by atoms with E-state index in [0.717, 1.165) is 0 Å². The maximum atomic E-state index is 13.8. The number of nitrogens with two attached hydrogens (primary N) is 1. The Labute approximate surface area is 123 Å². The molecule has 0 saturated heterocycles. The van der Waals surface area contributed by atoms with Gasteiger partial charge in [0.25, 0.3) is 5.91 Å². The van der Waals surface area contributed by atoms with Crippen LogP contribution < -0.4 is 15.8 Å². The van der Waals surface area contributed by atoms with Gasteiger partial charge in [-0.15, -0.1) is 0 Å². The molecule has 6 heteroatoms. The minimum Gasteiger partial charge on any atom is -0.478 e. The van der Waals surface area contributed by atoms with Crippen LogP contribution in [-0.2, 0) is 4.79 Å². The van der Waals surface area contributed by atoms with Gasteiger partial charge < -0.3 is 15.8 Å². The van der Waals surface area contributed by atoms with E-state index < -0.39 is 11.9 Å². The van der Waals surface area contributed by atoms with Crippen LogP contribution in [0.3, 0.4) is 0 Å². The Morgan fingerprint density at radius 3 is 2.60 bits per heavy atom. The van der Waals surface area contributed by atoms with Gasteiger partial charge in [0.05, 0.1) is 0 Å². The van der Waals surface area contributed by atoms with Crippen LogP contribution in [0, 0.1) is 11.7 Å². The molecule has 4 nitrogen and oxygen atoms in total. The van der Waals surface area contributed by atoms with Gasteiger partial charge in [-0.3, -0.25) is 4.79 Å². The van der Waals surface area contributed by atoms with E-state index in [1.807, 2.05) is 13.8 Å². The van der Waals surface area contributed by atoms with Gasteiger partial charge in [-0.05, 0) is 31.0 Å². The molecule has 0 bridgehead atoms. The van der Waals surface area contributed by atoms with Crippen molar-refractivity contribution in [1.29, 1.82) is 0 Å². The van der Waals surface area contributed by atoms with Crippen molar-refractivity contribution in [2.75, 3.05) is 6.54 Å². The third kappa shape index (κ3) is 4.77. The molecule has 0 heterocycles. The second-order valence-corrected chi connectivity index (χ2v) is 5.35. The first-order chi connectivity index (χ1) is 9.31. The quantitative estimate of drug-likeness (QED) is 0.789. The number of rotatable bonds is 6. The van der Waals surface area contributed by atoms with E-state index in [4.69, 9.17) is 22.7 Å². The number of halogens is 1. The summed E-state index contributed by atoms with van der Waals surface area (Å²) in [7, 11) is 0. The van der Waals surface area contributed by atoms with Crippen LogP contribution in [0.4, 0.5) is 4.39 Å². The zero-order chi connectivity index (χ0) is 15.3. The Kier molecular flexibility index (Phi) is 5.88. The second-order valence-electron chi connectivity index (χ2n) is 4.91.